The first-order chi connectivity index (χ1) is 8.50. The van der Waals surface area contributed by atoms with Crippen molar-refractivity contribution < 1.29 is 14.7 Å². The number of carboxylic acid groups (broad SMARTS) is 1. The number of aliphatic carboxylic acids is 1. The summed E-state index contributed by atoms with van der Waals surface area (Å²) in [6, 6.07) is 0. The number of carbonyl (C=O) groups is 2. The molecule has 0 unspecified atom stereocenters. The van der Waals surface area contributed by atoms with E-state index in [1.165, 1.54) is 0 Å². The summed E-state index contributed by atoms with van der Waals surface area (Å²) in [7, 11) is 0. The van der Waals surface area contributed by atoms with E-state index in [1.54, 1.807) is 0 Å². The lowest BCUT2D eigenvalue weighted by Crippen LogP contribution is -2.34. The Bertz CT molecular complexity index is 281. The van der Waals surface area contributed by atoms with Crippen LogP contribution in [0.4, 0.5) is 0 Å². The Balaban J connectivity index is 2.18. The summed E-state index contributed by atoms with van der Waals surface area (Å²) >= 11 is 0. The van der Waals surface area contributed by atoms with Crippen molar-refractivity contribution in [1.29, 1.82) is 0 Å². The summed E-state index contributed by atoms with van der Waals surface area (Å²) in [5, 5.41) is 11.3. The van der Waals surface area contributed by atoms with E-state index in [0.29, 0.717) is 18.9 Å². The van der Waals surface area contributed by atoms with Crippen molar-refractivity contribution in [2.24, 2.45) is 17.8 Å². The van der Waals surface area contributed by atoms with Crippen LogP contribution in [0.2, 0.25) is 0 Å². The zero-order valence-electron chi connectivity index (χ0n) is 11.4. The van der Waals surface area contributed by atoms with Gasteiger partial charge in [-0.15, -0.1) is 0 Å². The molecule has 1 rings (SSSR count). The van der Waals surface area contributed by atoms with Gasteiger partial charge in [0.1, 0.15) is 0 Å². The van der Waals surface area contributed by atoms with Crippen molar-refractivity contribution in [2.75, 3.05) is 6.54 Å². The second kappa shape index (κ2) is 7.39. The molecule has 0 saturated heterocycles. The molecule has 0 aromatic rings. The lowest BCUT2D eigenvalue weighted by molar-refractivity contribution is -0.137. The SMILES string of the molecule is CC(C)C1CCC(C(=O)NCCCC(=O)O)CC1. The highest BCUT2D eigenvalue weighted by Crippen LogP contribution is 2.33. The fraction of sp³-hybridized carbons (Fsp3) is 0.857. The van der Waals surface area contributed by atoms with Crippen LogP contribution in [-0.4, -0.2) is 23.5 Å². The molecule has 1 aliphatic carbocycles. The number of hydrogen-bond donors (Lipinski definition) is 2. The van der Waals surface area contributed by atoms with Crippen LogP contribution in [0.5, 0.6) is 0 Å². The van der Waals surface area contributed by atoms with Gasteiger partial charge < -0.3 is 10.4 Å². The van der Waals surface area contributed by atoms with Crippen molar-refractivity contribution in [3.63, 3.8) is 0 Å². The number of hydrogen-bond acceptors (Lipinski definition) is 2. The molecule has 0 heterocycles. The van der Waals surface area contributed by atoms with Crippen molar-refractivity contribution >= 4 is 11.9 Å². The van der Waals surface area contributed by atoms with Crippen molar-refractivity contribution in [1.82, 2.24) is 5.32 Å². The number of nitrogens with one attached hydrogen (secondary N) is 1. The molecule has 18 heavy (non-hydrogen) atoms. The van der Waals surface area contributed by atoms with E-state index >= 15 is 0 Å². The molecule has 0 aromatic carbocycles. The average Bonchev–Trinajstić information content (AvgIpc) is 2.34. The zero-order chi connectivity index (χ0) is 13.5. The minimum Gasteiger partial charge on any atom is -0.481 e. The summed E-state index contributed by atoms with van der Waals surface area (Å²) in [6.45, 7) is 4.98. The first-order valence-corrected chi connectivity index (χ1v) is 7.00. The van der Waals surface area contributed by atoms with Crippen LogP contribution in [-0.2, 0) is 9.59 Å². The van der Waals surface area contributed by atoms with Gasteiger partial charge in [0.05, 0.1) is 0 Å². The second-order valence-electron chi connectivity index (χ2n) is 5.64. The van der Waals surface area contributed by atoms with Crippen molar-refractivity contribution in [2.45, 2.75) is 52.4 Å². The van der Waals surface area contributed by atoms with Gasteiger partial charge in [-0.05, 0) is 43.9 Å². The average molecular weight is 255 g/mol. The van der Waals surface area contributed by atoms with Crippen LogP contribution in [0.25, 0.3) is 0 Å². The molecule has 1 fully saturated rings. The zero-order valence-corrected chi connectivity index (χ0v) is 11.4. The van der Waals surface area contributed by atoms with E-state index < -0.39 is 5.97 Å². The highest BCUT2D eigenvalue weighted by Gasteiger charge is 2.27. The minimum atomic E-state index is -0.804. The predicted molar refractivity (Wildman–Crippen MR) is 70.2 cm³/mol. The molecule has 0 bridgehead atoms. The summed E-state index contributed by atoms with van der Waals surface area (Å²) in [6.07, 6.45) is 4.89. The standard InChI is InChI=1S/C14H25NO3/c1-10(2)11-5-7-12(8-6-11)14(18)15-9-3-4-13(16)17/h10-12H,3-9H2,1-2H3,(H,15,18)(H,16,17). The van der Waals surface area contributed by atoms with Gasteiger partial charge in [-0.3, -0.25) is 9.59 Å². The van der Waals surface area contributed by atoms with Gasteiger partial charge in [0, 0.05) is 18.9 Å². The number of amides is 1. The van der Waals surface area contributed by atoms with Crippen LogP contribution < -0.4 is 5.32 Å². The van der Waals surface area contributed by atoms with Gasteiger partial charge in [0.2, 0.25) is 5.91 Å². The maximum absolute atomic E-state index is 11.9. The number of carboxylic acids is 1. The lowest BCUT2D eigenvalue weighted by Gasteiger charge is -2.30. The highest BCUT2D eigenvalue weighted by molar-refractivity contribution is 5.78. The summed E-state index contributed by atoms with van der Waals surface area (Å²) in [5.41, 5.74) is 0. The van der Waals surface area contributed by atoms with E-state index in [1.807, 2.05) is 0 Å². The van der Waals surface area contributed by atoms with Gasteiger partial charge >= 0.3 is 5.97 Å². The molecule has 1 aliphatic rings. The molecular weight excluding hydrogens is 230 g/mol. The lowest BCUT2D eigenvalue weighted by atomic mass is 9.77. The van der Waals surface area contributed by atoms with E-state index in [0.717, 1.165) is 31.6 Å². The molecule has 4 heteroatoms. The topological polar surface area (TPSA) is 66.4 Å². The van der Waals surface area contributed by atoms with Crippen LogP contribution in [0.1, 0.15) is 52.4 Å². The second-order valence-corrected chi connectivity index (χ2v) is 5.64. The molecule has 4 nitrogen and oxygen atoms in total. The van der Waals surface area contributed by atoms with Gasteiger partial charge in [0.15, 0.2) is 0 Å². The molecule has 2 N–H and O–H groups in total. The van der Waals surface area contributed by atoms with E-state index in [4.69, 9.17) is 5.11 Å². The first kappa shape index (κ1) is 15.0. The van der Waals surface area contributed by atoms with Crippen molar-refractivity contribution in [3.05, 3.63) is 0 Å². The van der Waals surface area contributed by atoms with Gasteiger partial charge in [-0.1, -0.05) is 13.8 Å². The fourth-order valence-electron chi connectivity index (χ4n) is 2.64. The summed E-state index contributed by atoms with van der Waals surface area (Å²) in [4.78, 5) is 22.2. The Morgan fingerprint density at radius 2 is 1.83 bits per heavy atom. The Morgan fingerprint density at radius 3 is 2.33 bits per heavy atom. The molecule has 0 radical (unpaired) electrons. The third-order valence-electron chi connectivity index (χ3n) is 3.95. The van der Waals surface area contributed by atoms with Crippen molar-refractivity contribution in [3.8, 4) is 0 Å². The monoisotopic (exact) mass is 255 g/mol. The van der Waals surface area contributed by atoms with Crippen LogP contribution in [0.15, 0.2) is 0 Å². The fourth-order valence-corrected chi connectivity index (χ4v) is 2.64. The maximum Gasteiger partial charge on any atom is 0.303 e. The molecule has 0 atom stereocenters. The first-order valence-electron chi connectivity index (χ1n) is 7.00. The number of carbonyl (C=O) groups excluding carboxylic acids is 1. The summed E-state index contributed by atoms with van der Waals surface area (Å²) < 4.78 is 0. The third kappa shape index (κ3) is 5.07. The maximum atomic E-state index is 11.9. The molecule has 104 valence electrons. The molecule has 1 amide bonds. The Kier molecular flexibility index (Phi) is 6.16. The van der Waals surface area contributed by atoms with Crippen LogP contribution >= 0.6 is 0 Å². The number of rotatable bonds is 6. The molecule has 0 spiro atoms. The van der Waals surface area contributed by atoms with E-state index in [2.05, 4.69) is 19.2 Å². The molecule has 0 aromatic heterocycles. The van der Waals surface area contributed by atoms with Gasteiger partial charge in [-0.2, -0.15) is 0 Å². The molecule has 0 aliphatic heterocycles. The molecular formula is C14H25NO3. The normalized spacial score (nSPS) is 23.9. The third-order valence-corrected chi connectivity index (χ3v) is 3.95. The highest BCUT2D eigenvalue weighted by atomic mass is 16.4. The Hall–Kier alpha value is -1.06. The smallest absolute Gasteiger partial charge is 0.303 e. The van der Waals surface area contributed by atoms with Gasteiger partial charge in [0.25, 0.3) is 0 Å². The van der Waals surface area contributed by atoms with Crippen LogP contribution in [0.3, 0.4) is 0 Å². The molecule has 1 saturated carbocycles. The Labute approximate surface area is 109 Å². The van der Waals surface area contributed by atoms with E-state index in [9.17, 15) is 9.59 Å². The Morgan fingerprint density at radius 1 is 1.22 bits per heavy atom. The van der Waals surface area contributed by atoms with Crippen LogP contribution in [0, 0.1) is 17.8 Å². The quantitative estimate of drug-likeness (QED) is 0.716. The largest absolute Gasteiger partial charge is 0.481 e. The minimum absolute atomic E-state index is 0.114. The summed E-state index contributed by atoms with van der Waals surface area (Å²) in [5.74, 6) is 0.930. The predicted octanol–water partition coefficient (Wildman–Crippen LogP) is 2.43. The van der Waals surface area contributed by atoms with Gasteiger partial charge in [-0.25, -0.2) is 0 Å². The van der Waals surface area contributed by atoms with E-state index in [-0.39, 0.29) is 18.2 Å².